The molecule has 4 rings (SSSR count). The summed E-state index contributed by atoms with van der Waals surface area (Å²) in [5.74, 6) is 0.289. The second-order valence-corrected chi connectivity index (χ2v) is 10.9. The van der Waals surface area contributed by atoms with Crippen LogP contribution in [0.15, 0.2) is 71.3 Å². The van der Waals surface area contributed by atoms with E-state index in [1.807, 2.05) is 52.8 Å². The first-order chi connectivity index (χ1) is 19.2. The van der Waals surface area contributed by atoms with Crippen LogP contribution in [0.4, 0.5) is 29.5 Å². The van der Waals surface area contributed by atoms with E-state index in [0.29, 0.717) is 11.6 Å². The number of urea groups is 1. The third-order valence-corrected chi connectivity index (χ3v) is 6.32. The maximum atomic E-state index is 13.3. The molecule has 2 heterocycles. The smallest absolute Gasteiger partial charge is 0.416 e. The molecule has 0 atom stereocenters. The molecule has 4 aromatic rings. The van der Waals surface area contributed by atoms with Gasteiger partial charge in [-0.25, -0.2) is 9.48 Å². The molecule has 0 aliphatic heterocycles. The standard InChI is InChI=1S/C30H32F3N5O3/c1-19-11-12-24(20(2)14-19)38-26(16-25(36-38)29(3,4)5)35-27(39)18-37(17-23-10-7-13-41-23)28(40)34-22-9-6-8-21(15-22)30(31,32)33/h6-16H,17-18H2,1-5H3,(H,34,40)(H,35,39). The van der Waals surface area contributed by atoms with Gasteiger partial charge in [-0.3, -0.25) is 4.79 Å². The summed E-state index contributed by atoms with van der Waals surface area (Å²) in [7, 11) is 0. The Morgan fingerprint density at radius 3 is 2.37 bits per heavy atom. The van der Waals surface area contributed by atoms with Gasteiger partial charge in [0.2, 0.25) is 5.91 Å². The summed E-state index contributed by atoms with van der Waals surface area (Å²) in [4.78, 5) is 27.7. The highest BCUT2D eigenvalue weighted by Gasteiger charge is 2.31. The summed E-state index contributed by atoms with van der Waals surface area (Å²) in [5.41, 5.74) is 2.32. The number of hydrogen-bond donors (Lipinski definition) is 2. The minimum atomic E-state index is -4.57. The number of aryl methyl sites for hydroxylation is 2. The Balaban J connectivity index is 1.59. The lowest BCUT2D eigenvalue weighted by Crippen LogP contribution is -2.40. The number of halogens is 3. The lowest BCUT2D eigenvalue weighted by atomic mass is 9.92. The number of hydrogen-bond acceptors (Lipinski definition) is 4. The number of nitrogens with zero attached hydrogens (tertiary/aromatic N) is 3. The Bertz CT molecular complexity index is 1540. The van der Waals surface area contributed by atoms with E-state index in [0.717, 1.165) is 39.5 Å². The molecule has 3 amide bonds. The van der Waals surface area contributed by atoms with Gasteiger partial charge in [0, 0.05) is 17.2 Å². The van der Waals surface area contributed by atoms with Crippen LogP contribution in [0.2, 0.25) is 0 Å². The molecule has 0 saturated heterocycles. The topological polar surface area (TPSA) is 92.4 Å². The molecule has 216 valence electrons. The number of benzene rings is 2. The van der Waals surface area contributed by atoms with Gasteiger partial charge >= 0.3 is 12.2 Å². The summed E-state index contributed by atoms with van der Waals surface area (Å²) in [5, 5.41) is 10.1. The molecule has 2 aromatic heterocycles. The molecule has 2 N–H and O–H groups in total. The second-order valence-electron chi connectivity index (χ2n) is 10.9. The highest BCUT2D eigenvalue weighted by Crippen LogP contribution is 2.31. The van der Waals surface area contributed by atoms with Gasteiger partial charge < -0.3 is 20.0 Å². The van der Waals surface area contributed by atoms with Crippen LogP contribution in [0.25, 0.3) is 5.69 Å². The Kier molecular flexibility index (Phi) is 8.27. The van der Waals surface area contributed by atoms with E-state index in [4.69, 9.17) is 9.52 Å². The molecule has 0 radical (unpaired) electrons. The molecule has 2 aromatic carbocycles. The van der Waals surface area contributed by atoms with Crippen molar-refractivity contribution < 1.29 is 27.2 Å². The summed E-state index contributed by atoms with van der Waals surface area (Å²) < 4.78 is 46.5. The number of amides is 3. The molecule has 0 spiro atoms. The molecule has 0 saturated carbocycles. The first-order valence-electron chi connectivity index (χ1n) is 12.9. The Labute approximate surface area is 236 Å². The molecule has 0 bridgehead atoms. The van der Waals surface area contributed by atoms with E-state index in [2.05, 4.69) is 10.6 Å². The number of carbonyl (C=O) groups is 2. The number of nitrogens with one attached hydrogen (secondary N) is 2. The van der Waals surface area contributed by atoms with Crippen LogP contribution >= 0.6 is 0 Å². The molecule has 0 aliphatic rings. The van der Waals surface area contributed by atoms with Crippen LogP contribution < -0.4 is 10.6 Å². The van der Waals surface area contributed by atoms with Crippen molar-refractivity contribution in [2.45, 2.75) is 52.8 Å². The third-order valence-electron chi connectivity index (χ3n) is 6.32. The molecule has 8 nitrogen and oxygen atoms in total. The fourth-order valence-electron chi connectivity index (χ4n) is 4.19. The molecule has 11 heteroatoms. The van der Waals surface area contributed by atoms with Crippen molar-refractivity contribution in [2.24, 2.45) is 0 Å². The van der Waals surface area contributed by atoms with Crippen LogP contribution in [0.1, 0.15) is 48.9 Å². The number of furan rings is 1. The van der Waals surface area contributed by atoms with Crippen molar-refractivity contribution in [3.8, 4) is 5.69 Å². The maximum Gasteiger partial charge on any atom is 0.416 e. The Hall–Kier alpha value is -4.54. The summed E-state index contributed by atoms with van der Waals surface area (Å²) in [6.07, 6.45) is -3.14. The zero-order chi connectivity index (χ0) is 29.9. The van der Waals surface area contributed by atoms with Crippen molar-refractivity contribution in [3.05, 3.63) is 95.1 Å². The van der Waals surface area contributed by atoms with E-state index in [9.17, 15) is 22.8 Å². The molecular weight excluding hydrogens is 535 g/mol. The number of anilines is 2. The number of alkyl halides is 3. The molecule has 0 aliphatic carbocycles. The van der Waals surface area contributed by atoms with Gasteiger partial charge in [0.05, 0.1) is 29.8 Å². The van der Waals surface area contributed by atoms with Crippen molar-refractivity contribution in [2.75, 3.05) is 17.2 Å². The van der Waals surface area contributed by atoms with Crippen LogP contribution in [-0.2, 0) is 22.9 Å². The highest BCUT2D eigenvalue weighted by atomic mass is 19.4. The lowest BCUT2D eigenvalue weighted by molar-refractivity contribution is -0.137. The predicted molar refractivity (Wildman–Crippen MR) is 150 cm³/mol. The van der Waals surface area contributed by atoms with Crippen molar-refractivity contribution in [1.29, 1.82) is 0 Å². The van der Waals surface area contributed by atoms with E-state index in [1.54, 1.807) is 22.9 Å². The maximum absolute atomic E-state index is 13.3. The van der Waals surface area contributed by atoms with E-state index < -0.39 is 30.2 Å². The summed E-state index contributed by atoms with van der Waals surface area (Å²) >= 11 is 0. The molecular formula is C30H32F3N5O3. The Morgan fingerprint density at radius 1 is 0.976 bits per heavy atom. The first-order valence-corrected chi connectivity index (χ1v) is 12.9. The van der Waals surface area contributed by atoms with E-state index >= 15 is 0 Å². The predicted octanol–water partition coefficient (Wildman–Crippen LogP) is 7.07. The molecule has 41 heavy (non-hydrogen) atoms. The SMILES string of the molecule is Cc1ccc(-n2nc(C(C)(C)C)cc2NC(=O)CN(Cc2ccco2)C(=O)Nc2cccc(C(F)(F)F)c2)c(C)c1. The van der Waals surface area contributed by atoms with Crippen molar-refractivity contribution in [1.82, 2.24) is 14.7 Å². The minimum absolute atomic E-state index is 0.0579. The molecule has 0 fully saturated rings. The normalized spacial score (nSPS) is 11.8. The van der Waals surface area contributed by atoms with Gasteiger partial charge in [-0.2, -0.15) is 18.3 Å². The van der Waals surface area contributed by atoms with Gasteiger partial charge in [0.1, 0.15) is 18.1 Å². The van der Waals surface area contributed by atoms with Gasteiger partial charge in [-0.05, 0) is 55.8 Å². The number of carbonyl (C=O) groups excluding carboxylic acids is 2. The number of rotatable bonds is 7. The van der Waals surface area contributed by atoms with Crippen molar-refractivity contribution >= 4 is 23.4 Å². The zero-order valence-corrected chi connectivity index (χ0v) is 23.5. The van der Waals surface area contributed by atoms with Gasteiger partial charge in [0.15, 0.2) is 0 Å². The van der Waals surface area contributed by atoms with Gasteiger partial charge in [-0.15, -0.1) is 0 Å². The summed E-state index contributed by atoms with van der Waals surface area (Å²) in [6, 6.07) is 14.5. The van der Waals surface area contributed by atoms with Crippen LogP contribution in [0.5, 0.6) is 0 Å². The van der Waals surface area contributed by atoms with E-state index in [1.165, 1.54) is 18.4 Å². The zero-order valence-electron chi connectivity index (χ0n) is 23.5. The van der Waals surface area contributed by atoms with Gasteiger partial charge in [-0.1, -0.05) is 44.5 Å². The number of aromatic nitrogens is 2. The molecule has 0 unspecified atom stereocenters. The highest BCUT2D eigenvalue weighted by molar-refractivity contribution is 5.96. The van der Waals surface area contributed by atoms with Crippen molar-refractivity contribution in [3.63, 3.8) is 0 Å². The quantitative estimate of drug-likeness (QED) is 0.250. The van der Waals surface area contributed by atoms with Gasteiger partial charge in [0.25, 0.3) is 0 Å². The fraction of sp³-hybridized carbons (Fsp3) is 0.300. The van der Waals surface area contributed by atoms with Crippen LogP contribution in [-0.4, -0.2) is 33.2 Å². The fourth-order valence-corrected chi connectivity index (χ4v) is 4.19. The largest absolute Gasteiger partial charge is 0.467 e. The minimum Gasteiger partial charge on any atom is -0.467 e. The average Bonchev–Trinajstić information content (AvgIpc) is 3.53. The van der Waals surface area contributed by atoms with Crippen LogP contribution in [0.3, 0.4) is 0 Å². The lowest BCUT2D eigenvalue weighted by Gasteiger charge is -2.22. The third kappa shape index (κ3) is 7.36. The first kappa shape index (κ1) is 29.4. The average molecular weight is 568 g/mol. The Morgan fingerprint density at radius 2 is 1.73 bits per heavy atom. The summed E-state index contributed by atoms with van der Waals surface area (Å²) in [6.45, 7) is 9.48. The monoisotopic (exact) mass is 567 g/mol. The van der Waals surface area contributed by atoms with E-state index in [-0.39, 0.29) is 17.6 Å². The van der Waals surface area contributed by atoms with Crippen LogP contribution in [0, 0.1) is 13.8 Å². The second kappa shape index (κ2) is 11.5.